The number of amides is 1. The molecular formula is C14H21N3O2. The summed E-state index contributed by atoms with van der Waals surface area (Å²) in [7, 11) is 3.55. The number of carbonyl (C=O) groups is 1. The lowest BCUT2D eigenvalue weighted by Crippen LogP contribution is -2.43. The number of aliphatic hydroxyl groups is 1. The Bertz CT molecular complexity index is 450. The molecule has 104 valence electrons. The summed E-state index contributed by atoms with van der Waals surface area (Å²) in [4.78, 5) is 17.7. The standard InChI is InChI=1S/C14H21N3O2/c1-15-14(19)11-9-10(7-8-16-11)17(2)12-5-3-4-6-13(12)18/h7-9,12-13,18H,3-6H2,1-2H3,(H,15,19). The van der Waals surface area contributed by atoms with E-state index < -0.39 is 0 Å². The maximum absolute atomic E-state index is 11.6. The number of pyridine rings is 1. The van der Waals surface area contributed by atoms with Crippen molar-refractivity contribution >= 4 is 11.6 Å². The van der Waals surface area contributed by atoms with Crippen molar-refractivity contribution in [3.05, 3.63) is 24.0 Å². The minimum absolute atomic E-state index is 0.119. The fourth-order valence-electron chi connectivity index (χ4n) is 2.63. The number of anilines is 1. The van der Waals surface area contributed by atoms with E-state index in [1.807, 2.05) is 13.1 Å². The molecule has 0 spiro atoms. The van der Waals surface area contributed by atoms with Gasteiger partial charge in [-0.2, -0.15) is 0 Å². The van der Waals surface area contributed by atoms with Crippen LogP contribution in [0, 0.1) is 0 Å². The van der Waals surface area contributed by atoms with Gasteiger partial charge in [0.05, 0.1) is 12.1 Å². The first-order valence-electron chi connectivity index (χ1n) is 6.72. The highest BCUT2D eigenvalue weighted by Crippen LogP contribution is 2.26. The second-order valence-corrected chi connectivity index (χ2v) is 5.01. The Morgan fingerprint density at radius 2 is 2.21 bits per heavy atom. The topological polar surface area (TPSA) is 65.5 Å². The third-order valence-electron chi connectivity index (χ3n) is 3.80. The summed E-state index contributed by atoms with van der Waals surface area (Å²) in [5.74, 6) is -0.195. The molecule has 0 saturated heterocycles. The Morgan fingerprint density at radius 1 is 1.47 bits per heavy atom. The normalized spacial score (nSPS) is 22.9. The molecule has 19 heavy (non-hydrogen) atoms. The van der Waals surface area contributed by atoms with Gasteiger partial charge in [-0.3, -0.25) is 9.78 Å². The Morgan fingerprint density at radius 3 is 2.89 bits per heavy atom. The Labute approximate surface area is 113 Å². The second-order valence-electron chi connectivity index (χ2n) is 5.01. The summed E-state index contributed by atoms with van der Waals surface area (Å²) in [6.45, 7) is 0. The molecule has 1 saturated carbocycles. The van der Waals surface area contributed by atoms with Crippen molar-refractivity contribution in [3.63, 3.8) is 0 Å². The first kappa shape index (κ1) is 13.8. The fraction of sp³-hybridized carbons (Fsp3) is 0.571. The van der Waals surface area contributed by atoms with Gasteiger partial charge in [-0.1, -0.05) is 12.8 Å². The number of hydrogen-bond acceptors (Lipinski definition) is 4. The van der Waals surface area contributed by atoms with Crippen LogP contribution in [0.3, 0.4) is 0 Å². The molecule has 2 unspecified atom stereocenters. The highest BCUT2D eigenvalue weighted by atomic mass is 16.3. The van der Waals surface area contributed by atoms with Crippen LogP contribution in [0.1, 0.15) is 36.2 Å². The second kappa shape index (κ2) is 6.02. The van der Waals surface area contributed by atoms with Gasteiger partial charge in [0.15, 0.2) is 0 Å². The number of aromatic nitrogens is 1. The van der Waals surface area contributed by atoms with Crippen molar-refractivity contribution in [1.82, 2.24) is 10.3 Å². The lowest BCUT2D eigenvalue weighted by molar-refractivity contribution is 0.0958. The SMILES string of the molecule is CNC(=O)c1cc(N(C)C2CCCCC2O)ccn1. The molecule has 1 aliphatic carbocycles. The molecule has 2 atom stereocenters. The maximum atomic E-state index is 11.6. The molecule has 2 rings (SSSR count). The molecule has 1 heterocycles. The summed E-state index contributed by atoms with van der Waals surface area (Å²) in [6.07, 6.45) is 5.39. The lowest BCUT2D eigenvalue weighted by Gasteiger charge is -2.36. The van der Waals surface area contributed by atoms with Crippen molar-refractivity contribution in [2.24, 2.45) is 0 Å². The molecule has 1 fully saturated rings. The predicted octanol–water partition coefficient (Wildman–Crippen LogP) is 1.18. The third-order valence-corrected chi connectivity index (χ3v) is 3.80. The van der Waals surface area contributed by atoms with Crippen LogP contribution >= 0.6 is 0 Å². The third kappa shape index (κ3) is 3.04. The van der Waals surface area contributed by atoms with E-state index in [1.165, 1.54) is 0 Å². The Kier molecular flexibility index (Phi) is 4.37. The number of nitrogens with one attached hydrogen (secondary N) is 1. The zero-order valence-corrected chi connectivity index (χ0v) is 11.5. The van der Waals surface area contributed by atoms with Gasteiger partial charge in [-0.05, 0) is 25.0 Å². The van der Waals surface area contributed by atoms with E-state index in [4.69, 9.17) is 0 Å². The minimum atomic E-state index is -0.296. The number of nitrogens with zero attached hydrogens (tertiary/aromatic N) is 2. The molecule has 0 radical (unpaired) electrons. The Balaban J connectivity index is 2.18. The predicted molar refractivity (Wildman–Crippen MR) is 74.3 cm³/mol. The van der Waals surface area contributed by atoms with Gasteiger partial charge in [0.2, 0.25) is 0 Å². The molecule has 1 aliphatic rings. The molecule has 5 heteroatoms. The van der Waals surface area contributed by atoms with Gasteiger partial charge in [0.25, 0.3) is 5.91 Å². The van der Waals surface area contributed by atoms with Crippen LogP contribution in [0.5, 0.6) is 0 Å². The summed E-state index contributed by atoms with van der Waals surface area (Å²) in [6, 6.07) is 3.75. The zero-order valence-electron chi connectivity index (χ0n) is 11.5. The molecular weight excluding hydrogens is 242 g/mol. The zero-order chi connectivity index (χ0) is 13.8. The number of aliphatic hydroxyl groups excluding tert-OH is 1. The molecule has 1 amide bonds. The molecule has 0 bridgehead atoms. The van der Waals surface area contributed by atoms with Crippen LogP contribution < -0.4 is 10.2 Å². The van der Waals surface area contributed by atoms with E-state index >= 15 is 0 Å². The van der Waals surface area contributed by atoms with E-state index in [1.54, 1.807) is 19.3 Å². The highest BCUT2D eigenvalue weighted by Gasteiger charge is 2.27. The number of carbonyl (C=O) groups excluding carboxylic acids is 1. The molecule has 0 aromatic carbocycles. The van der Waals surface area contributed by atoms with Gasteiger partial charge in [0.1, 0.15) is 5.69 Å². The molecule has 5 nitrogen and oxygen atoms in total. The van der Waals surface area contributed by atoms with E-state index in [0.29, 0.717) is 5.69 Å². The van der Waals surface area contributed by atoms with Crippen molar-refractivity contribution in [1.29, 1.82) is 0 Å². The van der Waals surface area contributed by atoms with E-state index in [9.17, 15) is 9.90 Å². The van der Waals surface area contributed by atoms with E-state index in [0.717, 1.165) is 31.4 Å². The average Bonchev–Trinajstić information content (AvgIpc) is 2.46. The van der Waals surface area contributed by atoms with Gasteiger partial charge >= 0.3 is 0 Å². The van der Waals surface area contributed by atoms with Crippen LogP contribution in [-0.2, 0) is 0 Å². The van der Waals surface area contributed by atoms with Gasteiger partial charge in [-0.25, -0.2) is 0 Å². The van der Waals surface area contributed by atoms with Crippen molar-refractivity contribution in [2.75, 3.05) is 19.0 Å². The van der Waals surface area contributed by atoms with Crippen LogP contribution in [0.25, 0.3) is 0 Å². The van der Waals surface area contributed by atoms with Crippen LogP contribution in [0.15, 0.2) is 18.3 Å². The first-order valence-corrected chi connectivity index (χ1v) is 6.72. The summed E-state index contributed by atoms with van der Waals surface area (Å²) < 4.78 is 0. The first-order chi connectivity index (χ1) is 9.13. The van der Waals surface area contributed by atoms with Gasteiger partial charge in [0, 0.05) is 26.0 Å². The molecule has 0 aliphatic heterocycles. The fourth-order valence-corrected chi connectivity index (χ4v) is 2.63. The highest BCUT2D eigenvalue weighted by molar-refractivity contribution is 5.92. The van der Waals surface area contributed by atoms with Gasteiger partial charge in [-0.15, -0.1) is 0 Å². The summed E-state index contributed by atoms with van der Waals surface area (Å²) in [5, 5.41) is 12.7. The van der Waals surface area contributed by atoms with Gasteiger partial charge < -0.3 is 15.3 Å². The largest absolute Gasteiger partial charge is 0.391 e. The number of likely N-dealkylation sites (N-methyl/N-ethyl adjacent to an activating group) is 1. The minimum Gasteiger partial charge on any atom is -0.391 e. The maximum Gasteiger partial charge on any atom is 0.269 e. The monoisotopic (exact) mass is 263 g/mol. The Hall–Kier alpha value is -1.62. The summed E-state index contributed by atoms with van der Waals surface area (Å²) >= 11 is 0. The smallest absolute Gasteiger partial charge is 0.269 e. The van der Waals surface area contributed by atoms with Crippen molar-refractivity contribution < 1.29 is 9.90 Å². The van der Waals surface area contributed by atoms with Crippen LogP contribution in [0.4, 0.5) is 5.69 Å². The average molecular weight is 263 g/mol. The molecule has 2 N–H and O–H groups in total. The quantitative estimate of drug-likeness (QED) is 0.859. The van der Waals surface area contributed by atoms with Crippen molar-refractivity contribution in [3.8, 4) is 0 Å². The number of hydrogen-bond donors (Lipinski definition) is 2. The molecule has 1 aromatic heterocycles. The number of rotatable bonds is 3. The molecule has 1 aromatic rings. The lowest BCUT2D eigenvalue weighted by atomic mass is 9.91. The van der Waals surface area contributed by atoms with Crippen molar-refractivity contribution in [2.45, 2.75) is 37.8 Å². The summed E-state index contributed by atoms with van der Waals surface area (Å²) in [5.41, 5.74) is 1.32. The van der Waals surface area contributed by atoms with E-state index in [-0.39, 0.29) is 18.1 Å². The van der Waals surface area contributed by atoms with Crippen LogP contribution in [-0.4, -0.2) is 42.2 Å². The van der Waals surface area contributed by atoms with Crippen LogP contribution in [0.2, 0.25) is 0 Å². The van der Waals surface area contributed by atoms with E-state index in [2.05, 4.69) is 15.2 Å².